The number of hydrogen-bond acceptors (Lipinski definition) is 5. The zero-order valence-electron chi connectivity index (χ0n) is 12.5. The van der Waals surface area contributed by atoms with Crippen LogP contribution in [0.2, 0.25) is 0 Å². The summed E-state index contributed by atoms with van der Waals surface area (Å²) < 4.78 is 0.844. The van der Waals surface area contributed by atoms with E-state index in [1.54, 1.807) is 18.2 Å². The third kappa shape index (κ3) is 4.06. The van der Waals surface area contributed by atoms with E-state index in [2.05, 4.69) is 31.1 Å². The Labute approximate surface area is 146 Å². The van der Waals surface area contributed by atoms with Gasteiger partial charge in [0, 0.05) is 17.6 Å². The van der Waals surface area contributed by atoms with Gasteiger partial charge in [-0.2, -0.15) is 0 Å². The van der Waals surface area contributed by atoms with E-state index in [9.17, 15) is 9.90 Å². The van der Waals surface area contributed by atoms with Crippen LogP contribution in [0.1, 0.15) is 19.3 Å². The molecule has 0 bridgehead atoms. The molecule has 2 aromatic rings. The number of carbonyl (C=O) groups is 1. The third-order valence-corrected chi connectivity index (χ3v) is 5.04. The highest BCUT2D eigenvalue weighted by Gasteiger charge is 2.18. The quantitative estimate of drug-likeness (QED) is 0.775. The highest BCUT2D eigenvalue weighted by molar-refractivity contribution is 9.10. The van der Waals surface area contributed by atoms with Crippen LogP contribution in [-0.2, 0) is 4.79 Å². The molecule has 0 radical (unpaired) electrons. The molecular weight excluding hydrogens is 380 g/mol. The second-order valence-electron chi connectivity index (χ2n) is 5.36. The average molecular weight is 397 g/mol. The molecule has 1 amide bonds. The number of nitrogens with one attached hydrogen (secondary N) is 1. The third-order valence-electron chi connectivity index (χ3n) is 3.71. The van der Waals surface area contributed by atoms with Gasteiger partial charge in [-0.3, -0.25) is 9.89 Å². The normalized spacial score (nSPS) is 14.9. The molecule has 0 unspecified atom stereocenters. The lowest BCUT2D eigenvalue weighted by atomic mass is 10.1. The fourth-order valence-electron chi connectivity index (χ4n) is 2.49. The lowest BCUT2D eigenvalue weighted by Crippen LogP contribution is -2.36. The summed E-state index contributed by atoms with van der Waals surface area (Å²) >= 11 is 4.68. The number of rotatable bonds is 4. The molecule has 1 aromatic carbocycles. The van der Waals surface area contributed by atoms with Gasteiger partial charge in [0.25, 0.3) is 0 Å². The van der Waals surface area contributed by atoms with E-state index in [0.29, 0.717) is 22.3 Å². The largest absolute Gasteiger partial charge is 0.507 e. The van der Waals surface area contributed by atoms with Gasteiger partial charge >= 0.3 is 0 Å². The number of hydrogen-bond donors (Lipinski definition) is 2. The maximum atomic E-state index is 12.1. The average Bonchev–Trinajstić information content (AvgIpc) is 3.04. The van der Waals surface area contributed by atoms with Crippen molar-refractivity contribution in [2.45, 2.75) is 24.4 Å². The van der Waals surface area contributed by atoms with Crippen LogP contribution in [0.15, 0.2) is 27.8 Å². The van der Waals surface area contributed by atoms with Crippen molar-refractivity contribution in [2.75, 3.05) is 18.8 Å². The van der Waals surface area contributed by atoms with Gasteiger partial charge in [-0.1, -0.05) is 27.7 Å². The molecular formula is C15H17BrN4O2S. The monoisotopic (exact) mass is 396 g/mol. The Morgan fingerprint density at radius 2 is 2.13 bits per heavy atom. The molecule has 23 heavy (non-hydrogen) atoms. The number of aromatic nitrogens is 3. The zero-order valence-corrected chi connectivity index (χ0v) is 14.9. The number of thioether (sulfide) groups is 1. The number of phenolic OH excluding ortho intramolecular Hbond substituents is 1. The fourth-order valence-corrected chi connectivity index (χ4v) is 3.55. The van der Waals surface area contributed by atoms with Crippen LogP contribution in [0.5, 0.6) is 5.75 Å². The summed E-state index contributed by atoms with van der Waals surface area (Å²) in [5, 5.41) is 17.3. The van der Waals surface area contributed by atoms with Gasteiger partial charge in [0.05, 0.1) is 11.3 Å². The van der Waals surface area contributed by atoms with Crippen LogP contribution in [0.4, 0.5) is 0 Å². The Hall–Kier alpha value is -1.54. The number of benzene rings is 1. The first-order chi connectivity index (χ1) is 11.1. The van der Waals surface area contributed by atoms with Gasteiger partial charge < -0.3 is 10.0 Å². The maximum Gasteiger partial charge on any atom is 0.233 e. The summed E-state index contributed by atoms with van der Waals surface area (Å²) in [6, 6.07) is 5.11. The molecule has 2 N–H and O–H groups in total. The van der Waals surface area contributed by atoms with Gasteiger partial charge in [0.1, 0.15) is 5.75 Å². The molecule has 0 spiro atoms. The Morgan fingerprint density at radius 1 is 1.35 bits per heavy atom. The number of amides is 1. The molecule has 0 aliphatic carbocycles. The smallest absolute Gasteiger partial charge is 0.233 e. The van der Waals surface area contributed by atoms with E-state index in [-0.39, 0.29) is 11.7 Å². The first-order valence-corrected chi connectivity index (χ1v) is 9.23. The number of aromatic hydroxyl groups is 1. The SMILES string of the molecule is O=C(CSc1n[nH]c(-c2cc(Br)ccc2O)n1)N1CCCCC1. The van der Waals surface area contributed by atoms with Crippen molar-refractivity contribution < 1.29 is 9.90 Å². The summed E-state index contributed by atoms with van der Waals surface area (Å²) in [6.45, 7) is 1.70. The highest BCUT2D eigenvalue weighted by Crippen LogP contribution is 2.30. The Morgan fingerprint density at radius 3 is 2.91 bits per heavy atom. The second-order valence-corrected chi connectivity index (χ2v) is 7.22. The predicted octanol–water partition coefficient (Wildman–Crippen LogP) is 3.04. The lowest BCUT2D eigenvalue weighted by Gasteiger charge is -2.26. The van der Waals surface area contributed by atoms with Gasteiger partial charge in [0.15, 0.2) is 5.82 Å². The Bertz CT molecular complexity index is 701. The minimum absolute atomic E-state index is 0.130. The van der Waals surface area contributed by atoms with Crippen molar-refractivity contribution in [2.24, 2.45) is 0 Å². The van der Waals surface area contributed by atoms with Gasteiger partial charge in [-0.25, -0.2) is 4.98 Å². The molecule has 8 heteroatoms. The minimum Gasteiger partial charge on any atom is -0.507 e. The number of aromatic amines is 1. The Balaban J connectivity index is 1.63. The standard InChI is InChI=1S/C15H17BrN4O2S/c16-10-4-5-12(21)11(8-10)14-17-15(19-18-14)23-9-13(22)20-6-2-1-3-7-20/h4-5,8,21H,1-3,6-7,9H2,(H,17,18,19). The maximum absolute atomic E-state index is 12.1. The molecule has 1 aliphatic heterocycles. The van der Waals surface area contributed by atoms with E-state index >= 15 is 0 Å². The first kappa shape index (κ1) is 16.3. The van der Waals surface area contributed by atoms with Crippen LogP contribution in [0, 0.1) is 0 Å². The van der Waals surface area contributed by atoms with Crippen LogP contribution in [0.3, 0.4) is 0 Å². The second kappa shape index (κ2) is 7.35. The molecule has 6 nitrogen and oxygen atoms in total. The molecule has 1 saturated heterocycles. The van der Waals surface area contributed by atoms with Crippen LogP contribution < -0.4 is 0 Å². The van der Waals surface area contributed by atoms with Crippen molar-refractivity contribution in [1.29, 1.82) is 0 Å². The van der Waals surface area contributed by atoms with Crippen molar-refractivity contribution >= 4 is 33.6 Å². The number of likely N-dealkylation sites (tertiary alicyclic amines) is 1. The van der Waals surface area contributed by atoms with Gasteiger partial charge in [0.2, 0.25) is 11.1 Å². The number of H-pyrrole nitrogens is 1. The van der Waals surface area contributed by atoms with Crippen LogP contribution >= 0.6 is 27.7 Å². The molecule has 1 aromatic heterocycles. The van der Waals surface area contributed by atoms with Crippen molar-refractivity contribution in [1.82, 2.24) is 20.1 Å². The van der Waals surface area contributed by atoms with Crippen LogP contribution in [0.25, 0.3) is 11.4 Å². The van der Waals surface area contributed by atoms with E-state index in [1.165, 1.54) is 18.2 Å². The molecule has 1 fully saturated rings. The van der Waals surface area contributed by atoms with E-state index in [0.717, 1.165) is 30.4 Å². The number of nitrogens with zero attached hydrogens (tertiary/aromatic N) is 3. The van der Waals surface area contributed by atoms with E-state index in [4.69, 9.17) is 0 Å². The lowest BCUT2D eigenvalue weighted by molar-refractivity contribution is -0.129. The van der Waals surface area contributed by atoms with Gasteiger partial charge in [-0.15, -0.1) is 5.10 Å². The molecule has 0 atom stereocenters. The highest BCUT2D eigenvalue weighted by atomic mass is 79.9. The summed E-state index contributed by atoms with van der Waals surface area (Å²) in [4.78, 5) is 18.4. The Kier molecular flexibility index (Phi) is 5.22. The zero-order chi connectivity index (χ0) is 16.2. The van der Waals surface area contributed by atoms with Crippen LogP contribution in [-0.4, -0.2) is 49.9 Å². The summed E-state index contributed by atoms with van der Waals surface area (Å²) in [5.74, 6) is 1.08. The number of halogens is 1. The summed E-state index contributed by atoms with van der Waals surface area (Å²) in [5.41, 5.74) is 0.570. The minimum atomic E-state index is 0.130. The van der Waals surface area contributed by atoms with E-state index in [1.807, 2.05) is 4.90 Å². The molecule has 3 rings (SSSR count). The summed E-state index contributed by atoms with van der Waals surface area (Å²) in [6.07, 6.45) is 3.38. The number of carbonyl (C=O) groups excluding carboxylic acids is 1. The summed E-state index contributed by atoms with van der Waals surface area (Å²) in [7, 11) is 0. The predicted molar refractivity (Wildman–Crippen MR) is 92.3 cm³/mol. The van der Waals surface area contributed by atoms with Crippen molar-refractivity contribution in [3.63, 3.8) is 0 Å². The molecule has 2 heterocycles. The van der Waals surface area contributed by atoms with Crippen molar-refractivity contribution in [3.05, 3.63) is 22.7 Å². The first-order valence-electron chi connectivity index (χ1n) is 7.45. The number of phenols is 1. The number of piperidine rings is 1. The fraction of sp³-hybridized carbons (Fsp3) is 0.400. The topological polar surface area (TPSA) is 82.1 Å². The molecule has 122 valence electrons. The molecule has 0 saturated carbocycles. The van der Waals surface area contributed by atoms with E-state index < -0.39 is 0 Å². The van der Waals surface area contributed by atoms with Gasteiger partial charge in [-0.05, 0) is 37.5 Å². The van der Waals surface area contributed by atoms with Crippen molar-refractivity contribution in [3.8, 4) is 17.1 Å². The molecule has 1 aliphatic rings.